The molecule has 0 radical (unpaired) electrons. The number of carbonyl (C=O) groups is 2. The summed E-state index contributed by atoms with van der Waals surface area (Å²) < 4.78 is 5.21. The van der Waals surface area contributed by atoms with Gasteiger partial charge in [-0.25, -0.2) is 4.98 Å². The molecule has 0 saturated heterocycles. The van der Waals surface area contributed by atoms with E-state index in [1.165, 1.54) is 18.5 Å². The molecule has 0 unspecified atom stereocenters. The van der Waals surface area contributed by atoms with Crippen molar-refractivity contribution in [2.24, 2.45) is 0 Å². The van der Waals surface area contributed by atoms with Crippen LogP contribution in [-0.2, 0) is 14.9 Å². The zero-order chi connectivity index (χ0) is 17.9. The van der Waals surface area contributed by atoms with Gasteiger partial charge in [-0.2, -0.15) is 0 Å². The number of anilines is 1. The quantitative estimate of drug-likeness (QED) is 0.828. The van der Waals surface area contributed by atoms with Crippen molar-refractivity contribution in [3.63, 3.8) is 0 Å². The first kappa shape index (κ1) is 17.4. The summed E-state index contributed by atoms with van der Waals surface area (Å²) in [4.78, 5) is 32.6. The molecule has 0 bridgehead atoms. The largest absolute Gasteiger partial charge is 0.465 e. The summed E-state index contributed by atoms with van der Waals surface area (Å²) in [5.41, 5.74) is 0.572. The van der Waals surface area contributed by atoms with Gasteiger partial charge in [0.05, 0.1) is 22.6 Å². The smallest absolute Gasteiger partial charge is 0.316 e. The number of hydrogen-bond donors (Lipinski definition) is 1. The Bertz CT molecular complexity index is 788. The van der Waals surface area contributed by atoms with Gasteiger partial charge in [0.1, 0.15) is 5.82 Å². The molecule has 1 saturated carbocycles. The molecule has 1 N–H and O–H groups in total. The molecular formula is C18H18ClN3O3. The molecule has 1 fully saturated rings. The molecule has 2 aromatic heterocycles. The molecule has 1 aliphatic rings. The number of rotatable bonds is 5. The predicted octanol–water partition coefficient (Wildman–Crippen LogP) is 3.37. The Labute approximate surface area is 150 Å². The summed E-state index contributed by atoms with van der Waals surface area (Å²) in [5, 5.41) is 3.08. The molecule has 6 nitrogen and oxygen atoms in total. The van der Waals surface area contributed by atoms with Crippen molar-refractivity contribution >= 4 is 29.3 Å². The maximum Gasteiger partial charge on any atom is 0.316 e. The minimum atomic E-state index is -0.595. The first-order valence-electron chi connectivity index (χ1n) is 8.11. The lowest BCUT2D eigenvalue weighted by molar-refractivity contribution is -0.153. The van der Waals surface area contributed by atoms with Gasteiger partial charge < -0.3 is 10.1 Å². The van der Waals surface area contributed by atoms with E-state index in [4.69, 9.17) is 16.3 Å². The third kappa shape index (κ3) is 3.49. The molecule has 7 heteroatoms. The van der Waals surface area contributed by atoms with Gasteiger partial charge in [-0.3, -0.25) is 14.6 Å². The zero-order valence-corrected chi connectivity index (χ0v) is 14.5. The summed E-state index contributed by atoms with van der Waals surface area (Å²) in [6.45, 7) is 2.15. The second-order valence-electron chi connectivity index (χ2n) is 5.93. The van der Waals surface area contributed by atoms with E-state index < -0.39 is 5.41 Å². The van der Waals surface area contributed by atoms with Crippen molar-refractivity contribution in [3.8, 4) is 0 Å². The van der Waals surface area contributed by atoms with Gasteiger partial charge in [-0.1, -0.05) is 24.1 Å². The molecule has 25 heavy (non-hydrogen) atoms. The number of carbonyl (C=O) groups excluding carboxylic acids is 2. The van der Waals surface area contributed by atoms with E-state index in [9.17, 15) is 9.59 Å². The molecule has 3 rings (SSSR count). The van der Waals surface area contributed by atoms with Crippen LogP contribution in [0.25, 0.3) is 0 Å². The van der Waals surface area contributed by atoms with Crippen LogP contribution in [0, 0.1) is 0 Å². The predicted molar refractivity (Wildman–Crippen MR) is 93.6 cm³/mol. The van der Waals surface area contributed by atoms with Crippen LogP contribution in [0.2, 0.25) is 5.02 Å². The molecule has 0 aromatic carbocycles. The van der Waals surface area contributed by atoms with Crippen molar-refractivity contribution in [2.75, 3.05) is 11.9 Å². The lowest BCUT2D eigenvalue weighted by atomic mass is 9.65. The van der Waals surface area contributed by atoms with Crippen molar-refractivity contribution in [1.82, 2.24) is 9.97 Å². The first-order chi connectivity index (χ1) is 12.0. The van der Waals surface area contributed by atoms with Gasteiger partial charge in [-0.05, 0) is 37.5 Å². The van der Waals surface area contributed by atoms with Crippen LogP contribution in [0.1, 0.15) is 42.1 Å². The van der Waals surface area contributed by atoms with Gasteiger partial charge in [-0.15, -0.1) is 0 Å². The van der Waals surface area contributed by atoms with Crippen LogP contribution >= 0.6 is 11.6 Å². The first-order valence-corrected chi connectivity index (χ1v) is 8.48. The van der Waals surface area contributed by atoms with Crippen molar-refractivity contribution in [3.05, 3.63) is 52.9 Å². The maximum absolute atomic E-state index is 12.3. The van der Waals surface area contributed by atoms with E-state index >= 15 is 0 Å². The molecule has 0 aliphatic heterocycles. The Kier molecular flexibility index (Phi) is 4.99. The highest BCUT2D eigenvalue weighted by Crippen LogP contribution is 2.44. The Balaban J connectivity index is 1.74. The molecule has 1 aliphatic carbocycles. The molecular weight excluding hydrogens is 342 g/mol. The van der Waals surface area contributed by atoms with Gasteiger partial charge >= 0.3 is 5.97 Å². The fourth-order valence-corrected chi connectivity index (χ4v) is 3.06. The molecule has 0 atom stereocenters. The van der Waals surface area contributed by atoms with Crippen LogP contribution in [0.15, 0.2) is 36.8 Å². The number of pyridine rings is 2. The topological polar surface area (TPSA) is 81.2 Å². The van der Waals surface area contributed by atoms with E-state index in [1.54, 1.807) is 19.2 Å². The van der Waals surface area contributed by atoms with E-state index in [1.807, 2.05) is 6.07 Å². The van der Waals surface area contributed by atoms with Gasteiger partial charge in [0.15, 0.2) is 0 Å². The summed E-state index contributed by atoms with van der Waals surface area (Å²) in [6, 6.07) is 5.03. The van der Waals surface area contributed by atoms with Crippen molar-refractivity contribution in [2.45, 2.75) is 31.6 Å². The summed E-state index contributed by atoms with van der Waals surface area (Å²) >= 11 is 5.84. The van der Waals surface area contributed by atoms with E-state index in [2.05, 4.69) is 15.3 Å². The SMILES string of the molecule is CCOC(=O)C1(c2ccc(NC(=O)c3cncc(Cl)c3)nc2)CCC1. The molecule has 0 spiro atoms. The number of halogens is 1. The lowest BCUT2D eigenvalue weighted by Crippen LogP contribution is -2.43. The number of nitrogens with one attached hydrogen (secondary N) is 1. The number of amides is 1. The maximum atomic E-state index is 12.3. The van der Waals surface area contributed by atoms with E-state index in [0.717, 1.165) is 24.8 Å². The second-order valence-corrected chi connectivity index (χ2v) is 6.37. The highest BCUT2D eigenvalue weighted by Gasteiger charge is 2.47. The average molecular weight is 360 g/mol. The van der Waals surface area contributed by atoms with Crippen molar-refractivity contribution < 1.29 is 14.3 Å². The molecule has 2 heterocycles. The third-order valence-electron chi connectivity index (χ3n) is 4.40. The molecule has 1 amide bonds. The highest BCUT2D eigenvalue weighted by atomic mass is 35.5. The van der Waals surface area contributed by atoms with E-state index in [-0.39, 0.29) is 11.9 Å². The number of hydrogen-bond acceptors (Lipinski definition) is 5. The molecule has 2 aromatic rings. The number of ether oxygens (including phenoxy) is 1. The summed E-state index contributed by atoms with van der Waals surface area (Å²) in [7, 11) is 0. The lowest BCUT2D eigenvalue weighted by Gasteiger charge is -2.39. The van der Waals surface area contributed by atoms with Crippen LogP contribution in [0.4, 0.5) is 5.82 Å². The van der Waals surface area contributed by atoms with Crippen LogP contribution in [-0.4, -0.2) is 28.5 Å². The standard InChI is InChI=1S/C18H18ClN3O3/c1-2-25-17(24)18(6-3-7-18)13-4-5-15(21-10-13)22-16(23)12-8-14(19)11-20-9-12/h4-5,8-11H,2-3,6-7H2,1H3,(H,21,22,23). The third-order valence-corrected chi connectivity index (χ3v) is 4.60. The van der Waals surface area contributed by atoms with Gasteiger partial charge in [0.25, 0.3) is 5.91 Å². The van der Waals surface area contributed by atoms with E-state index in [0.29, 0.717) is 23.0 Å². The zero-order valence-electron chi connectivity index (χ0n) is 13.8. The number of nitrogens with zero attached hydrogens (tertiary/aromatic N) is 2. The Morgan fingerprint density at radius 1 is 1.28 bits per heavy atom. The number of aromatic nitrogens is 2. The summed E-state index contributed by atoms with van der Waals surface area (Å²) in [5.74, 6) is -0.157. The molecule has 130 valence electrons. The van der Waals surface area contributed by atoms with Crippen LogP contribution in [0.5, 0.6) is 0 Å². The number of esters is 1. The monoisotopic (exact) mass is 359 g/mol. The Morgan fingerprint density at radius 2 is 2.08 bits per heavy atom. The Morgan fingerprint density at radius 3 is 2.64 bits per heavy atom. The van der Waals surface area contributed by atoms with Crippen molar-refractivity contribution in [1.29, 1.82) is 0 Å². The fraction of sp³-hybridized carbons (Fsp3) is 0.333. The fourth-order valence-electron chi connectivity index (χ4n) is 2.89. The average Bonchev–Trinajstić information content (AvgIpc) is 2.55. The van der Waals surface area contributed by atoms with Gasteiger partial charge in [0, 0.05) is 18.6 Å². The Hall–Kier alpha value is -2.47. The highest BCUT2D eigenvalue weighted by molar-refractivity contribution is 6.30. The van der Waals surface area contributed by atoms with Crippen LogP contribution < -0.4 is 5.32 Å². The minimum absolute atomic E-state index is 0.204. The van der Waals surface area contributed by atoms with Gasteiger partial charge in [0.2, 0.25) is 0 Å². The second kappa shape index (κ2) is 7.19. The minimum Gasteiger partial charge on any atom is -0.465 e. The normalized spacial score (nSPS) is 15.1. The summed E-state index contributed by atoms with van der Waals surface area (Å²) in [6.07, 6.45) is 7.01. The van der Waals surface area contributed by atoms with Crippen LogP contribution in [0.3, 0.4) is 0 Å².